The highest BCUT2D eigenvalue weighted by molar-refractivity contribution is 5.88. The SMILES string of the molecule is CC(C)c1ccc(-c2nc(-c3ccc4c(c3)nc(-c3ccccc3)n4-c3ccccc3)nc(-c3ccc4c(c3)nc(-c3ccccc3)n4-c3ccccc3)n2)cc1. The number of imidazole rings is 2. The van der Waals surface area contributed by atoms with Gasteiger partial charge in [-0.15, -0.1) is 0 Å². The Hall–Kier alpha value is -7.51. The van der Waals surface area contributed by atoms with E-state index >= 15 is 0 Å². The lowest BCUT2D eigenvalue weighted by atomic mass is 10.0. The smallest absolute Gasteiger partial charge is 0.164 e. The van der Waals surface area contributed by atoms with Gasteiger partial charge in [-0.05, 0) is 72.1 Å². The number of hydrogen-bond acceptors (Lipinski definition) is 5. The standard InChI is InChI=1S/C50H37N7/c1-33(2)34-23-25-35(26-24-34)46-53-47(38-27-29-44-42(31-38)51-49(36-15-7-3-8-16-36)56(44)40-19-11-5-12-20-40)55-48(54-46)39-28-30-45-43(32-39)52-50(37-17-9-4-10-18-37)57(45)41-21-13-6-14-22-41/h3-33H,1-2H3. The fourth-order valence-electron chi connectivity index (χ4n) is 7.46. The topological polar surface area (TPSA) is 74.3 Å². The lowest BCUT2D eigenvalue weighted by Crippen LogP contribution is -2.01. The van der Waals surface area contributed by atoms with Gasteiger partial charge in [-0.3, -0.25) is 9.13 Å². The minimum atomic E-state index is 0.412. The van der Waals surface area contributed by atoms with Gasteiger partial charge in [0.25, 0.3) is 0 Å². The van der Waals surface area contributed by atoms with Gasteiger partial charge < -0.3 is 0 Å². The first-order valence-electron chi connectivity index (χ1n) is 19.2. The van der Waals surface area contributed by atoms with Crippen molar-refractivity contribution in [1.82, 2.24) is 34.1 Å². The maximum absolute atomic E-state index is 5.21. The summed E-state index contributed by atoms with van der Waals surface area (Å²) in [5.41, 5.74) is 11.7. The zero-order chi connectivity index (χ0) is 38.3. The molecule has 7 aromatic carbocycles. The summed E-state index contributed by atoms with van der Waals surface area (Å²) in [5, 5.41) is 0. The molecule has 3 aromatic heterocycles. The summed E-state index contributed by atoms with van der Waals surface area (Å²) < 4.78 is 4.42. The van der Waals surface area contributed by atoms with E-state index in [-0.39, 0.29) is 0 Å². The highest BCUT2D eigenvalue weighted by Crippen LogP contribution is 2.34. The second kappa shape index (κ2) is 14.3. The predicted molar refractivity (Wildman–Crippen MR) is 230 cm³/mol. The summed E-state index contributed by atoms with van der Waals surface area (Å²) in [5.74, 6) is 3.89. The molecule has 0 saturated heterocycles. The molecule has 272 valence electrons. The monoisotopic (exact) mass is 735 g/mol. The van der Waals surface area contributed by atoms with E-state index in [1.807, 2.05) is 48.5 Å². The highest BCUT2D eigenvalue weighted by Gasteiger charge is 2.20. The van der Waals surface area contributed by atoms with E-state index in [4.69, 9.17) is 24.9 Å². The molecule has 10 rings (SSSR count). The van der Waals surface area contributed by atoms with E-state index < -0.39 is 0 Å². The van der Waals surface area contributed by atoms with Crippen molar-refractivity contribution in [2.75, 3.05) is 0 Å². The molecular weight excluding hydrogens is 699 g/mol. The van der Waals surface area contributed by atoms with Crippen molar-refractivity contribution >= 4 is 22.1 Å². The molecule has 0 aliphatic heterocycles. The average Bonchev–Trinajstić information content (AvgIpc) is 3.86. The Morgan fingerprint density at radius 3 is 1.12 bits per heavy atom. The first-order chi connectivity index (χ1) is 28.1. The van der Waals surface area contributed by atoms with Gasteiger partial charge in [-0.25, -0.2) is 24.9 Å². The molecule has 7 heteroatoms. The minimum absolute atomic E-state index is 0.412. The number of para-hydroxylation sites is 2. The molecule has 57 heavy (non-hydrogen) atoms. The van der Waals surface area contributed by atoms with Gasteiger partial charge in [-0.1, -0.05) is 135 Å². The van der Waals surface area contributed by atoms with Crippen molar-refractivity contribution in [2.24, 2.45) is 0 Å². The van der Waals surface area contributed by atoms with Crippen molar-refractivity contribution in [3.63, 3.8) is 0 Å². The molecule has 0 fully saturated rings. The summed E-state index contributed by atoms with van der Waals surface area (Å²) in [6.07, 6.45) is 0. The van der Waals surface area contributed by atoms with Crippen molar-refractivity contribution in [3.05, 3.63) is 188 Å². The second-order valence-electron chi connectivity index (χ2n) is 14.4. The Labute approximate surface area is 330 Å². The van der Waals surface area contributed by atoms with Gasteiger partial charge >= 0.3 is 0 Å². The van der Waals surface area contributed by atoms with Gasteiger partial charge in [0, 0.05) is 39.2 Å². The van der Waals surface area contributed by atoms with E-state index in [1.165, 1.54) is 5.56 Å². The van der Waals surface area contributed by atoms with Gasteiger partial charge in [0.15, 0.2) is 17.5 Å². The predicted octanol–water partition coefficient (Wildman–Crippen LogP) is 12.0. The summed E-state index contributed by atoms with van der Waals surface area (Å²) in [7, 11) is 0. The quantitative estimate of drug-likeness (QED) is 0.155. The first-order valence-corrected chi connectivity index (χ1v) is 19.2. The Morgan fingerprint density at radius 2 is 0.719 bits per heavy atom. The molecule has 0 atom stereocenters. The van der Waals surface area contributed by atoms with Crippen molar-refractivity contribution in [3.8, 4) is 68.3 Å². The fraction of sp³-hybridized carbons (Fsp3) is 0.0600. The molecule has 0 aliphatic rings. The molecule has 0 unspecified atom stereocenters. The highest BCUT2D eigenvalue weighted by atomic mass is 15.1. The minimum Gasteiger partial charge on any atom is -0.292 e. The molecule has 0 radical (unpaired) electrons. The first kappa shape index (κ1) is 34.0. The Bertz CT molecular complexity index is 2830. The van der Waals surface area contributed by atoms with E-state index in [9.17, 15) is 0 Å². The third-order valence-corrected chi connectivity index (χ3v) is 10.4. The number of nitrogens with zero attached hydrogens (tertiary/aromatic N) is 7. The number of aromatic nitrogens is 7. The van der Waals surface area contributed by atoms with Crippen LogP contribution in [-0.4, -0.2) is 34.1 Å². The summed E-state index contributed by atoms with van der Waals surface area (Å²) >= 11 is 0. The van der Waals surface area contributed by atoms with Gasteiger partial charge in [0.1, 0.15) is 11.6 Å². The number of hydrogen-bond donors (Lipinski definition) is 0. The van der Waals surface area contributed by atoms with Crippen LogP contribution in [0.2, 0.25) is 0 Å². The molecular formula is C50H37N7. The van der Waals surface area contributed by atoms with Crippen LogP contribution < -0.4 is 0 Å². The largest absolute Gasteiger partial charge is 0.292 e. The number of benzene rings is 7. The Balaban J connectivity index is 1.14. The van der Waals surface area contributed by atoms with Crippen molar-refractivity contribution < 1.29 is 0 Å². The lowest BCUT2D eigenvalue weighted by molar-refractivity contribution is 0.867. The zero-order valence-electron chi connectivity index (χ0n) is 31.5. The molecule has 10 aromatic rings. The van der Waals surface area contributed by atoms with Crippen LogP contribution in [0.4, 0.5) is 0 Å². The number of fused-ring (bicyclic) bond motifs is 2. The lowest BCUT2D eigenvalue weighted by Gasteiger charge is -2.11. The van der Waals surface area contributed by atoms with Crippen molar-refractivity contribution in [2.45, 2.75) is 19.8 Å². The van der Waals surface area contributed by atoms with Crippen LogP contribution in [-0.2, 0) is 0 Å². The third-order valence-electron chi connectivity index (χ3n) is 10.4. The zero-order valence-corrected chi connectivity index (χ0v) is 31.5. The molecule has 0 saturated carbocycles. The number of rotatable bonds is 8. The Morgan fingerprint density at radius 1 is 0.351 bits per heavy atom. The van der Waals surface area contributed by atoms with Gasteiger partial charge in [-0.2, -0.15) is 0 Å². The maximum atomic E-state index is 5.21. The second-order valence-corrected chi connectivity index (χ2v) is 14.4. The van der Waals surface area contributed by atoms with Crippen LogP contribution in [0.25, 0.3) is 90.4 Å². The average molecular weight is 736 g/mol. The van der Waals surface area contributed by atoms with E-state index in [1.54, 1.807) is 0 Å². The van der Waals surface area contributed by atoms with E-state index in [0.29, 0.717) is 23.4 Å². The summed E-state index contributed by atoms with van der Waals surface area (Å²) in [6.45, 7) is 4.40. The molecule has 0 N–H and O–H groups in total. The van der Waals surface area contributed by atoms with Crippen LogP contribution in [0.5, 0.6) is 0 Å². The van der Waals surface area contributed by atoms with Crippen LogP contribution in [0.15, 0.2) is 182 Å². The van der Waals surface area contributed by atoms with Gasteiger partial charge in [0.2, 0.25) is 0 Å². The molecule has 7 nitrogen and oxygen atoms in total. The van der Waals surface area contributed by atoms with Crippen LogP contribution in [0.1, 0.15) is 25.3 Å². The fourth-order valence-corrected chi connectivity index (χ4v) is 7.46. The van der Waals surface area contributed by atoms with Crippen LogP contribution >= 0.6 is 0 Å². The van der Waals surface area contributed by atoms with Crippen LogP contribution in [0, 0.1) is 0 Å². The van der Waals surface area contributed by atoms with Crippen LogP contribution in [0.3, 0.4) is 0 Å². The summed E-state index contributed by atoms with van der Waals surface area (Å²) in [4.78, 5) is 25.8. The maximum Gasteiger partial charge on any atom is 0.164 e. The van der Waals surface area contributed by atoms with Crippen molar-refractivity contribution in [1.29, 1.82) is 0 Å². The molecule has 0 spiro atoms. The third kappa shape index (κ3) is 6.35. The van der Waals surface area contributed by atoms with Gasteiger partial charge in [0.05, 0.1) is 22.1 Å². The molecule has 0 aliphatic carbocycles. The molecule has 0 bridgehead atoms. The normalized spacial score (nSPS) is 11.5. The van der Waals surface area contributed by atoms with E-state index in [0.717, 1.165) is 72.9 Å². The molecule has 0 amide bonds. The summed E-state index contributed by atoms with van der Waals surface area (Å²) in [6, 6.07) is 62.4. The van der Waals surface area contributed by atoms with E-state index in [2.05, 4.69) is 156 Å². The Kier molecular flexibility index (Phi) is 8.53. The molecule has 3 heterocycles.